The van der Waals surface area contributed by atoms with Crippen LogP contribution >= 0.6 is 11.3 Å². The van der Waals surface area contributed by atoms with E-state index < -0.39 is 9.84 Å². The Morgan fingerprint density at radius 3 is 2.48 bits per heavy atom. The summed E-state index contributed by atoms with van der Waals surface area (Å²) in [7, 11) is -1.96. The van der Waals surface area contributed by atoms with E-state index in [0.29, 0.717) is 16.6 Å². The number of ether oxygens (including phenoxy) is 1. The van der Waals surface area contributed by atoms with Gasteiger partial charge in [0.25, 0.3) is 0 Å². The van der Waals surface area contributed by atoms with Crippen LogP contribution in [0.4, 0.5) is 9.52 Å². The molecule has 29 heavy (non-hydrogen) atoms. The maximum Gasteiger partial charge on any atom is 0.226 e. The number of carbonyl (C=O) groups is 1. The predicted octanol–water partition coefficient (Wildman–Crippen LogP) is 4.15. The van der Waals surface area contributed by atoms with Crippen molar-refractivity contribution in [2.75, 3.05) is 18.2 Å². The Morgan fingerprint density at radius 2 is 1.83 bits per heavy atom. The molecule has 1 heterocycles. The normalized spacial score (nSPS) is 11.2. The first-order valence-electron chi connectivity index (χ1n) is 8.75. The van der Waals surface area contributed by atoms with Crippen LogP contribution in [0.25, 0.3) is 11.3 Å². The molecule has 152 valence electrons. The van der Waals surface area contributed by atoms with E-state index >= 15 is 0 Å². The van der Waals surface area contributed by atoms with Gasteiger partial charge in [-0.05, 0) is 55.0 Å². The van der Waals surface area contributed by atoms with Crippen LogP contribution in [0.5, 0.6) is 5.75 Å². The highest BCUT2D eigenvalue weighted by atomic mass is 32.2. The van der Waals surface area contributed by atoms with Crippen molar-refractivity contribution in [3.63, 3.8) is 0 Å². The summed E-state index contributed by atoms with van der Waals surface area (Å²) in [5.41, 5.74) is 1.38. The van der Waals surface area contributed by atoms with Gasteiger partial charge in [-0.25, -0.2) is 17.8 Å². The highest BCUT2D eigenvalue weighted by Crippen LogP contribution is 2.25. The molecular weight excluding hydrogens is 415 g/mol. The molecule has 0 aliphatic rings. The molecule has 1 N–H and O–H groups in total. The van der Waals surface area contributed by atoms with Gasteiger partial charge in [0.15, 0.2) is 15.0 Å². The Morgan fingerprint density at radius 1 is 1.14 bits per heavy atom. The molecule has 0 unspecified atom stereocenters. The summed E-state index contributed by atoms with van der Waals surface area (Å²) < 4.78 is 42.7. The monoisotopic (exact) mass is 434 g/mol. The lowest BCUT2D eigenvalue weighted by Crippen LogP contribution is -2.14. The van der Waals surface area contributed by atoms with Crippen LogP contribution in [0.2, 0.25) is 0 Å². The van der Waals surface area contributed by atoms with Crippen molar-refractivity contribution in [2.45, 2.75) is 17.7 Å². The number of rotatable bonds is 8. The average Bonchev–Trinajstić information content (AvgIpc) is 3.16. The molecule has 6 nitrogen and oxygen atoms in total. The van der Waals surface area contributed by atoms with Crippen LogP contribution in [-0.4, -0.2) is 32.2 Å². The number of carbonyl (C=O) groups excluding carboxylic acids is 1. The lowest BCUT2D eigenvalue weighted by atomic mass is 10.2. The number of halogens is 1. The third-order valence-corrected chi connectivity index (χ3v) is 6.70. The Balaban J connectivity index is 1.51. The SMILES string of the molecule is COc1ccc(S(=O)(=O)CCCC(=O)Nc2nc(-c3ccc(F)cc3)cs2)cc1. The first-order valence-corrected chi connectivity index (χ1v) is 11.3. The molecule has 0 spiro atoms. The summed E-state index contributed by atoms with van der Waals surface area (Å²) in [6.07, 6.45) is 0.247. The third kappa shape index (κ3) is 5.61. The lowest BCUT2D eigenvalue weighted by molar-refractivity contribution is -0.116. The Hall–Kier alpha value is -2.78. The van der Waals surface area contributed by atoms with E-state index in [1.807, 2.05) is 0 Å². The highest BCUT2D eigenvalue weighted by molar-refractivity contribution is 7.91. The number of nitrogens with zero attached hydrogens (tertiary/aromatic N) is 1. The number of methoxy groups -OCH3 is 1. The average molecular weight is 435 g/mol. The maximum atomic E-state index is 13.0. The fourth-order valence-corrected chi connectivity index (χ4v) is 4.64. The van der Waals surface area contributed by atoms with Gasteiger partial charge >= 0.3 is 0 Å². The van der Waals surface area contributed by atoms with Crippen LogP contribution < -0.4 is 10.1 Å². The molecule has 0 saturated heterocycles. The number of benzene rings is 2. The second kappa shape index (κ2) is 9.15. The summed E-state index contributed by atoms with van der Waals surface area (Å²) in [5, 5.41) is 4.84. The standard InChI is InChI=1S/C20H19FN2O4S2/c1-27-16-8-10-17(11-9-16)29(25,26)12-2-3-19(24)23-20-22-18(13-28-20)14-4-6-15(21)7-5-14/h4-11,13H,2-3,12H2,1H3,(H,22,23,24). The van der Waals surface area contributed by atoms with Crippen LogP contribution in [-0.2, 0) is 14.6 Å². The van der Waals surface area contributed by atoms with E-state index in [4.69, 9.17) is 4.74 Å². The van der Waals surface area contributed by atoms with Crippen molar-refractivity contribution in [3.05, 3.63) is 59.7 Å². The molecule has 0 aliphatic heterocycles. The topological polar surface area (TPSA) is 85.4 Å². The summed E-state index contributed by atoms with van der Waals surface area (Å²) in [6, 6.07) is 12.1. The van der Waals surface area contributed by atoms with E-state index in [9.17, 15) is 17.6 Å². The zero-order valence-corrected chi connectivity index (χ0v) is 17.2. The number of amides is 1. The molecule has 1 aromatic heterocycles. The second-order valence-electron chi connectivity index (χ2n) is 6.19. The van der Waals surface area contributed by atoms with E-state index in [-0.39, 0.29) is 35.2 Å². The molecule has 3 aromatic rings. The maximum absolute atomic E-state index is 13.0. The van der Waals surface area contributed by atoms with Crippen molar-refractivity contribution >= 4 is 32.2 Å². The molecule has 2 aromatic carbocycles. The van der Waals surface area contributed by atoms with Crippen molar-refractivity contribution in [3.8, 4) is 17.0 Å². The Kier molecular flexibility index (Phi) is 6.60. The predicted molar refractivity (Wildman–Crippen MR) is 110 cm³/mol. The van der Waals surface area contributed by atoms with Crippen LogP contribution in [0.1, 0.15) is 12.8 Å². The summed E-state index contributed by atoms with van der Waals surface area (Å²) >= 11 is 1.25. The van der Waals surface area contributed by atoms with Gasteiger partial charge in [-0.3, -0.25) is 4.79 Å². The Bertz CT molecular complexity index is 1080. The molecule has 9 heteroatoms. The first kappa shape index (κ1) is 20.9. The summed E-state index contributed by atoms with van der Waals surface area (Å²) in [6.45, 7) is 0. The zero-order valence-electron chi connectivity index (χ0n) is 15.6. The van der Waals surface area contributed by atoms with Gasteiger partial charge in [-0.15, -0.1) is 11.3 Å². The zero-order chi connectivity index (χ0) is 20.9. The van der Waals surface area contributed by atoms with Crippen LogP contribution in [0, 0.1) is 5.82 Å². The minimum absolute atomic E-state index is 0.0564. The van der Waals surface area contributed by atoms with Crippen LogP contribution in [0.3, 0.4) is 0 Å². The third-order valence-electron chi connectivity index (χ3n) is 4.13. The van der Waals surface area contributed by atoms with E-state index in [1.165, 1.54) is 42.7 Å². The molecule has 0 bridgehead atoms. The number of anilines is 1. The number of sulfone groups is 1. The number of aromatic nitrogens is 1. The number of hydrogen-bond acceptors (Lipinski definition) is 6. The lowest BCUT2D eigenvalue weighted by Gasteiger charge is -2.06. The molecular formula is C20H19FN2O4S2. The van der Waals surface area contributed by atoms with Crippen molar-refractivity contribution in [1.29, 1.82) is 0 Å². The summed E-state index contributed by atoms with van der Waals surface area (Å²) in [4.78, 5) is 16.6. The largest absolute Gasteiger partial charge is 0.497 e. The smallest absolute Gasteiger partial charge is 0.226 e. The van der Waals surface area contributed by atoms with Crippen molar-refractivity contribution in [2.24, 2.45) is 0 Å². The number of hydrogen-bond donors (Lipinski definition) is 1. The molecule has 1 amide bonds. The molecule has 3 rings (SSSR count). The molecule has 0 fully saturated rings. The van der Waals surface area contributed by atoms with Gasteiger partial charge < -0.3 is 10.1 Å². The van der Waals surface area contributed by atoms with E-state index in [2.05, 4.69) is 10.3 Å². The van der Waals surface area contributed by atoms with Gasteiger partial charge in [0.1, 0.15) is 11.6 Å². The van der Waals surface area contributed by atoms with E-state index in [1.54, 1.807) is 29.6 Å². The molecule has 0 saturated carbocycles. The molecule has 0 atom stereocenters. The summed E-state index contributed by atoms with van der Waals surface area (Å²) in [5.74, 6) is -0.199. The fraction of sp³-hybridized carbons (Fsp3) is 0.200. The van der Waals surface area contributed by atoms with Crippen molar-refractivity contribution in [1.82, 2.24) is 4.98 Å². The van der Waals surface area contributed by atoms with Gasteiger partial charge in [-0.1, -0.05) is 0 Å². The second-order valence-corrected chi connectivity index (χ2v) is 9.16. The molecule has 0 radical (unpaired) electrons. The van der Waals surface area contributed by atoms with Gasteiger partial charge in [0, 0.05) is 17.4 Å². The van der Waals surface area contributed by atoms with Gasteiger partial charge in [0.05, 0.1) is 23.5 Å². The molecule has 0 aliphatic carbocycles. The minimum atomic E-state index is -3.47. The quantitative estimate of drug-likeness (QED) is 0.576. The van der Waals surface area contributed by atoms with Crippen molar-refractivity contribution < 1.29 is 22.3 Å². The first-order chi connectivity index (χ1) is 13.9. The minimum Gasteiger partial charge on any atom is -0.497 e. The number of thiazole rings is 1. The highest BCUT2D eigenvalue weighted by Gasteiger charge is 2.16. The van der Waals surface area contributed by atoms with Crippen LogP contribution in [0.15, 0.2) is 58.8 Å². The van der Waals surface area contributed by atoms with Gasteiger partial charge in [-0.2, -0.15) is 0 Å². The van der Waals surface area contributed by atoms with E-state index in [0.717, 1.165) is 5.56 Å². The number of nitrogens with one attached hydrogen (secondary N) is 1. The fourth-order valence-electron chi connectivity index (χ4n) is 2.59. The Labute approximate surface area is 172 Å². The van der Waals surface area contributed by atoms with Gasteiger partial charge in [0.2, 0.25) is 5.91 Å².